The Bertz CT molecular complexity index is 350. The van der Waals surface area contributed by atoms with Gasteiger partial charge in [0.25, 0.3) is 0 Å². The highest BCUT2D eigenvalue weighted by Crippen LogP contribution is 2.17. The Morgan fingerprint density at radius 1 is 1.33 bits per heavy atom. The summed E-state index contributed by atoms with van der Waals surface area (Å²) in [5.41, 5.74) is 1.55. The van der Waals surface area contributed by atoms with Crippen LogP contribution >= 0.6 is 0 Å². The van der Waals surface area contributed by atoms with Crippen LogP contribution in [0.15, 0.2) is 16.7 Å². The van der Waals surface area contributed by atoms with Gasteiger partial charge in [-0.25, -0.2) is 0 Å². The van der Waals surface area contributed by atoms with Crippen molar-refractivity contribution in [3.8, 4) is 0 Å². The molecule has 1 N–H and O–H groups in total. The van der Waals surface area contributed by atoms with E-state index < -0.39 is 0 Å². The lowest BCUT2D eigenvalue weighted by Crippen LogP contribution is -2.28. The van der Waals surface area contributed by atoms with Crippen LogP contribution in [0.4, 0.5) is 0 Å². The van der Waals surface area contributed by atoms with Gasteiger partial charge in [-0.1, -0.05) is 34.6 Å². The summed E-state index contributed by atoms with van der Waals surface area (Å²) in [5, 5.41) is 3.39. The molecule has 0 amide bonds. The Morgan fingerprint density at radius 2 is 2.00 bits per heavy atom. The van der Waals surface area contributed by atoms with E-state index in [1.165, 1.54) is 5.56 Å². The number of nitrogens with zero attached hydrogens (tertiary/aromatic N) is 1. The van der Waals surface area contributed by atoms with Crippen molar-refractivity contribution in [3.05, 3.63) is 23.7 Å². The standard InChI is InChI=1S/C15H28N2O/c1-12(2)16-8-13-7-14(18-10-13)9-17(6)11-15(3,4)5/h7,10,12,16H,8-9,11H2,1-6H3. The Morgan fingerprint density at radius 3 is 2.56 bits per heavy atom. The van der Waals surface area contributed by atoms with E-state index in [-0.39, 0.29) is 0 Å². The van der Waals surface area contributed by atoms with Gasteiger partial charge >= 0.3 is 0 Å². The van der Waals surface area contributed by atoms with Gasteiger partial charge in [-0.15, -0.1) is 0 Å². The van der Waals surface area contributed by atoms with Crippen LogP contribution in [0.1, 0.15) is 45.9 Å². The molecule has 0 saturated heterocycles. The van der Waals surface area contributed by atoms with Gasteiger partial charge in [0, 0.05) is 24.7 Å². The number of rotatable bonds is 6. The molecule has 0 radical (unpaired) electrons. The van der Waals surface area contributed by atoms with Crippen LogP contribution < -0.4 is 5.32 Å². The molecule has 18 heavy (non-hydrogen) atoms. The summed E-state index contributed by atoms with van der Waals surface area (Å²) in [6.45, 7) is 13.9. The fourth-order valence-electron chi connectivity index (χ4n) is 2.06. The van der Waals surface area contributed by atoms with Crippen molar-refractivity contribution in [1.29, 1.82) is 0 Å². The minimum Gasteiger partial charge on any atom is -0.468 e. The topological polar surface area (TPSA) is 28.4 Å². The van der Waals surface area contributed by atoms with Gasteiger partial charge in [0.2, 0.25) is 0 Å². The van der Waals surface area contributed by atoms with Gasteiger partial charge in [0.1, 0.15) is 5.76 Å². The van der Waals surface area contributed by atoms with E-state index in [0.29, 0.717) is 11.5 Å². The quantitative estimate of drug-likeness (QED) is 0.842. The fourth-order valence-corrected chi connectivity index (χ4v) is 2.06. The molecule has 0 aliphatic carbocycles. The second kappa shape index (κ2) is 6.39. The Labute approximate surface area is 112 Å². The molecule has 3 heteroatoms. The van der Waals surface area contributed by atoms with Crippen LogP contribution in [0.5, 0.6) is 0 Å². The molecular formula is C15H28N2O. The number of hydrogen-bond donors (Lipinski definition) is 1. The van der Waals surface area contributed by atoms with Gasteiger partial charge in [0.15, 0.2) is 0 Å². The number of hydrogen-bond acceptors (Lipinski definition) is 3. The summed E-state index contributed by atoms with van der Waals surface area (Å²) in [6.07, 6.45) is 1.86. The first-order valence-electron chi connectivity index (χ1n) is 6.74. The normalized spacial score (nSPS) is 12.7. The van der Waals surface area contributed by atoms with E-state index in [1.54, 1.807) is 0 Å². The maximum Gasteiger partial charge on any atom is 0.118 e. The molecule has 104 valence electrons. The van der Waals surface area contributed by atoms with E-state index in [0.717, 1.165) is 25.4 Å². The van der Waals surface area contributed by atoms with Crippen molar-refractivity contribution in [2.24, 2.45) is 5.41 Å². The summed E-state index contributed by atoms with van der Waals surface area (Å²) in [7, 11) is 2.14. The molecule has 0 aliphatic rings. The van der Waals surface area contributed by atoms with E-state index in [4.69, 9.17) is 4.42 Å². The molecule has 0 fully saturated rings. The molecule has 0 aromatic carbocycles. The van der Waals surface area contributed by atoms with Gasteiger partial charge in [-0.3, -0.25) is 4.90 Å². The molecular weight excluding hydrogens is 224 g/mol. The number of furan rings is 1. The van der Waals surface area contributed by atoms with Crippen molar-refractivity contribution >= 4 is 0 Å². The third-order valence-electron chi connectivity index (χ3n) is 2.59. The fraction of sp³-hybridized carbons (Fsp3) is 0.733. The van der Waals surface area contributed by atoms with Gasteiger partial charge < -0.3 is 9.73 Å². The second-order valence-electron chi connectivity index (χ2n) is 6.69. The van der Waals surface area contributed by atoms with E-state index in [2.05, 4.69) is 57.9 Å². The van der Waals surface area contributed by atoms with E-state index in [9.17, 15) is 0 Å². The van der Waals surface area contributed by atoms with Gasteiger partial charge in [-0.05, 0) is 18.5 Å². The average Bonchev–Trinajstić information content (AvgIpc) is 2.59. The Hall–Kier alpha value is -0.800. The van der Waals surface area contributed by atoms with Crippen molar-refractivity contribution < 1.29 is 4.42 Å². The van der Waals surface area contributed by atoms with Crippen LogP contribution in [0.25, 0.3) is 0 Å². The SMILES string of the molecule is CC(C)NCc1coc(CN(C)CC(C)(C)C)c1. The highest BCUT2D eigenvalue weighted by Gasteiger charge is 2.14. The molecule has 0 spiro atoms. The zero-order valence-electron chi connectivity index (χ0n) is 12.7. The first-order chi connectivity index (χ1) is 8.26. The zero-order valence-corrected chi connectivity index (χ0v) is 12.7. The molecule has 3 nitrogen and oxygen atoms in total. The molecule has 1 aromatic heterocycles. The third-order valence-corrected chi connectivity index (χ3v) is 2.59. The van der Waals surface area contributed by atoms with Crippen LogP contribution in [-0.2, 0) is 13.1 Å². The summed E-state index contributed by atoms with van der Waals surface area (Å²) in [6, 6.07) is 2.65. The minimum atomic E-state index is 0.323. The predicted octanol–water partition coefficient (Wildman–Crippen LogP) is 3.26. The average molecular weight is 252 g/mol. The predicted molar refractivity (Wildman–Crippen MR) is 76.5 cm³/mol. The van der Waals surface area contributed by atoms with Crippen molar-refractivity contribution in [3.63, 3.8) is 0 Å². The van der Waals surface area contributed by atoms with Crippen LogP contribution in [0.3, 0.4) is 0 Å². The lowest BCUT2D eigenvalue weighted by atomic mass is 9.96. The molecule has 0 aliphatic heterocycles. The van der Waals surface area contributed by atoms with Crippen LogP contribution in [0, 0.1) is 5.41 Å². The van der Waals surface area contributed by atoms with E-state index >= 15 is 0 Å². The molecule has 1 rings (SSSR count). The summed E-state index contributed by atoms with van der Waals surface area (Å²) < 4.78 is 5.60. The lowest BCUT2D eigenvalue weighted by Gasteiger charge is -2.25. The number of nitrogens with one attached hydrogen (secondary N) is 1. The van der Waals surface area contributed by atoms with Crippen molar-refractivity contribution in [2.75, 3.05) is 13.6 Å². The third kappa shape index (κ3) is 6.22. The molecule has 1 heterocycles. The molecule has 0 atom stereocenters. The molecule has 0 saturated carbocycles. The molecule has 0 unspecified atom stereocenters. The van der Waals surface area contributed by atoms with Gasteiger partial charge in [-0.2, -0.15) is 0 Å². The summed E-state index contributed by atoms with van der Waals surface area (Å²) in [4.78, 5) is 2.30. The zero-order chi connectivity index (χ0) is 13.8. The maximum absolute atomic E-state index is 5.60. The van der Waals surface area contributed by atoms with Crippen LogP contribution in [-0.4, -0.2) is 24.5 Å². The minimum absolute atomic E-state index is 0.323. The van der Waals surface area contributed by atoms with Crippen molar-refractivity contribution in [1.82, 2.24) is 10.2 Å². The maximum atomic E-state index is 5.60. The lowest BCUT2D eigenvalue weighted by molar-refractivity contribution is 0.208. The monoisotopic (exact) mass is 252 g/mol. The molecule has 1 aromatic rings. The first kappa shape index (κ1) is 15.3. The summed E-state index contributed by atoms with van der Waals surface area (Å²) >= 11 is 0. The largest absolute Gasteiger partial charge is 0.468 e. The molecule has 0 bridgehead atoms. The van der Waals surface area contributed by atoms with E-state index in [1.807, 2.05) is 6.26 Å². The van der Waals surface area contributed by atoms with Crippen LogP contribution in [0.2, 0.25) is 0 Å². The smallest absolute Gasteiger partial charge is 0.118 e. The van der Waals surface area contributed by atoms with Gasteiger partial charge in [0.05, 0.1) is 12.8 Å². The second-order valence-corrected chi connectivity index (χ2v) is 6.69. The Kier molecular flexibility index (Phi) is 5.42. The van der Waals surface area contributed by atoms with Crippen molar-refractivity contribution in [2.45, 2.75) is 53.8 Å². The Balaban J connectivity index is 2.43. The highest BCUT2D eigenvalue weighted by molar-refractivity contribution is 5.12. The summed E-state index contributed by atoms with van der Waals surface area (Å²) in [5.74, 6) is 1.04. The highest BCUT2D eigenvalue weighted by atomic mass is 16.3. The first-order valence-corrected chi connectivity index (χ1v) is 6.74.